The predicted octanol–water partition coefficient (Wildman–Crippen LogP) is 8.48. The summed E-state index contributed by atoms with van der Waals surface area (Å²) in [4.78, 5) is 55.4. The Labute approximate surface area is 326 Å². The number of anilines is 2. The highest BCUT2D eigenvalue weighted by molar-refractivity contribution is 6.00. The predicted molar refractivity (Wildman–Crippen MR) is 202 cm³/mol. The lowest BCUT2D eigenvalue weighted by molar-refractivity contribution is -0.121. The van der Waals surface area contributed by atoms with Crippen LogP contribution in [-0.4, -0.2) is 74.7 Å². The average Bonchev–Trinajstić information content (AvgIpc) is 3.88. The maximum absolute atomic E-state index is 15.5. The van der Waals surface area contributed by atoms with Gasteiger partial charge in [-0.05, 0) is 104 Å². The fourth-order valence-electron chi connectivity index (χ4n) is 7.46. The van der Waals surface area contributed by atoms with Crippen molar-refractivity contribution < 1.29 is 51.0 Å². The van der Waals surface area contributed by atoms with Crippen LogP contribution in [0.1, 0.15) is 79.0 Å². The second-order valence-corrected chi connectivity index (χ2v) is 16.4. The van der Waals surface area contributed by atoms with Gasteiger partial charge in [-0.25, -0.2) is 27.2 Å². The molecule has 3 aliphatic heterocycles. The highest BCUT2D eigenvalue weighted by Gasteiger charge is 2.39. The van der Waals surface area contributed by atoms with E-state index in [1.807, 2.05) is 0 Å². The van der Waals surface area contributed by atoms with E-state index in [4.69, 9.17) is 14.2 Å². The van der Waals surface area contributed by atoms with E-state index in [2.05, 4.69) is 10.6 Å². The first-order valence-corrected chi connectivity index (χ1v) is 18.7. The highest BCUT2D eigenvalue weighted by atomic mass is 19.2. The van der Waals surface area contributed by atoms with E-state index in [1.165, 1.54) is 20.4 Å². The Hall–Kier alpha value is -5.80. The Balaban J connectivity index is 1.22. The smallest absolute Gasteiger partial charge is 0.410 e. The first-order chi connectivity index (χ1) is 26.8. The van der Waals surface area contributed by atoms with Crippen LogP contribution in [0.25, 0.3) is 22.2 Å². The van der Waals surface area contributed by atoms with Gasteiger partial charge in [0.2, 0.25) is 18.0 Å². The number of hydrogen-bond acceptors (Lipinski definition) is 7. The van der Waals surface area contributed by atoms with E-state index in [-0.39, 0.29) is 17.5 Å². The van der Waals surface area contributed by atoms with Crippen molar-refractivity contribution in [3.05, 3.63) is 77.4 Å². The molecule has 302 valence electrons. The van der Waals surface area contributed by atoms with Gasteiger partial charge in [-0.2, -0.15) is 0 Å². The number of ether oxygens (including phenoxy) is 3. The quantitative estimate of drug-likeness (QED) is 0.153. The molecule has 16 heteroatoms. The number of fused-ring (bicyclic) bond motifs is 5. The number of carbonyl (C=O) groups is 4. The fourth-order valence-corrected chi connectivity index (χ4v) is 7.46. The molecule has 3 atom stereocenters. The molecule has 0 radical (unpaired) electrons. The Morgan fingerprint density at radius 2 is 1.21 bits per heavy atom. The van der Waals surface area contributed by atoms with Gasteiger partial charge in [-0.3, -0.25) is 19.4 Å². The number of carbonyl (C=O) groups excluding carboxylic acids is 4. The van der Waals surface area contributed by atoms with Crippen LogP contribution in [0.3, 0.4) is 0 Å². The van der Waals surface area contributed by atoms with Crippen LogP contribution in [0, 0.1) is 23.3 Å². The molecule has 0 unspecified atom stereocenters. The summed E-state index contributed by atoms with van der Waals surface area (Å²) >= 11 is 0. The van der Waals surface area contributed by atoms with Crippen molar-refractivity contribution in [3.63, 3.8) is 0 Å². The van der Waals surface area contributed by atoms with Gasteiger partial charge < -0.3 is 29.4 Å². The summed E-state index contributed by atoms with van der Waals surface area (Å²) in [7, 11) is 0. The first-order valence-electron chi connectivity index (χ1n) is 18.7. The van der Waals surface area contributed by atoms with Gasteiger partial charge >= 0.3 is 12.2 Å². The fraction of sp³-hybridized carbons (Fsp3) is 0.415. The number of nitrogens with one attached hydrogen (secondary N) is 2. The minimum absolute atomic E-state index is 0.0315. The second-order valence-electron chi connectivity index (χ2n) is 16.4. The van der Waals surface area contributed by atoms with Crippen LogP contribution < -0.4 is 15.4 Å². The van der Waals surface area contributed by atoms with Gasteiger partial charge in [0.1, 0.15) is 29.0 Å². The van der Waals surface area contributed by atoms with E-state index in [0.717, 1.165) is 0 Å². The maximum atomic E-state index is 15.5. The highest BCUT2D eigenvalue weighted by Crippen LogP contribution is 2.47. The van der Waals surface area contributed by atoms with Gasteiger partial charge in [-0.1, -0.05) is 0 Å². The lowest BCUT2D eigenvalue weighted by atomic mass is 10.1. The third-order valence-corrected chi connectivity index (χ3v) is 9.86. The molecule has 3 aromatic carbocycles. The van der Waals surface area contributed by atoms with E-state index >= 15 is 8.78 Å². The molecule has 2 N–H and O–H groups in total. The number of likely N-dealkylation sites (tertiary alicyclic amines) is 2. The summed E-state index contributed by atoms with van der Waals surface area (Å²) in [6.07, 6.45) is -0.986. The molecule has 4 heterocycles. The SMILES string of the molecule is CC(C)(C)OC(=O)N1CCC[C@H]1C(=O)Nc1ccc2c(c1)O[C@@H](c1c(F)c(F)cc(F)c1F)n1c-2cc2cc(NC(=O)[C@@H]3CCCN3C(=O)OC(C)(C)C)ccc21. The molecule has 0 bridgehead atoms. The molecule has 12 nitrogen and oxygen atoms in total. The first kappa shape index (κ1) is 39.4. The molecule has 2 fully saturated rings. The van der Waals surface area contributed by atoms with Crippen molar-refractivity contribution >= 4 is 46.3 Å². The van der Waals surface area contributed by atoms with E-state index in [9.17, 15) is 28.0 Å². The molecule has 1 aromatic heterocycles. The number of amides is 4. The molecule has 3 aliphatic rings. The van der Waals surface area contributed by atoms with Crippen LogP contribution in [-0.2, 0) is 19.1 Å². The molecule has 0 saturated carbocycles. The molecule has 4 amide bonds. The van der Waals surface area contributed by atoms with Crippen molar-refractivity contribution in [3.8, 4) is 17.0 Å². The van der Waals surface area contributed by atoms with Crippen LogP contribution in [0.4, 0.5) is 38.5 Å². The van der Waals surface area contributed by atoms with Crippen molar-refractivity contribution in [1.29, 1.82) is 0 Å². The van der Waals surface area contributed by atoms with Gasteiger partial charge in [0.05, 0.1) is 16.8 Å². The zero-order valence-electron chi connectivity index (χ0n) is 32.3. The normalized spacial score (nSPS) is 19.2. The average molecular weight is 794 g/mol. The summed E-state index contributed by atoms with van der Waals surface area (Å²) in [6, 6.07) is 9.53. The minimum atomic E-state index is -1.76. The topological polar surface area (TPSA) is 131 Å². The molecular formula is C41H43F4N5O7. The molecule has 2 saturated heterocycles. The summed E-state index contributed by atoms with van der Waals surface area (Å²) in [5, 5.41) is 6.10. The van der Waals surface area contributed by atoms with Crippen molar-refractivity contribution in [1.82, 2.24) is 14.4 Å². The zero-order valence-corrected chi connectivity index (χ0v) is 32.3. The number of nitrogens with zero attached hydrogens (tertiary/aromatic N) is 3. The molecule has 0 spiro atoms. The molecule has 7 rings (SSSR count). The largest absolute Gasteiger partial charge is 0.465 e. The number of benzene rings is 3. The molecule has 4 aromatic rings. The van der Waals surface area contributed by atoms with Crippen molar-refractivity contribution in [2.45, 2.75) is 96.7 Å². The molecule has 0 aliphatic carbocycles. The number of aromatic nitrogens is 1. The molecule has 57 heavy (non-hydrogen) atoms. The van der Waals surface area contributed by atoms with Crippen molar-refractivity contribution in [2.24, 2.45) is 0 Å². The lowest BCUT2D eigenvalue weighted by Crippen LogP contribution is -2.45. The summed E-state index contributed by atoms with van der Waals surface area (Å²) in [5.74, 6) is -7.46. The van der Waals surface area contributed by atoms with Gasteiger partial charge in [0, 0.05) is 47.5 Å². The summed E-state index contributed by atoms with van der Waals surface area (Å²) in [6.45, 7) is 11.1. The number of hydrogen-bond donors (Lipinski definition) is 2. The monoisotopic (exact) mass is 793 g/mol. The Morgan fingerprint density at radius 3 is 1.74 bits per heavy atom. The van der Waals surface area contributed by atoms with E-state index < -0.39 is 82.3 Å². The molecular weight excluding hydrogens is 750 g/mol. The van der Waals surface area contributed by atoms with Crippen LogP contribution in [0.2, 0.25) is 0 Å². The Morgan fingerprint density at radius 1 is 0.702 bits per heavy atom. The number of halogens is 4. The van der Waals surface area contributed by atoms with Crippen molar-refractivity contribution in [2.75, 3.05) is 23.7 Å². The van der Waals surface area contributed by atoms with E-state index in [1.54, 1.807) is 77.9 Å². The summed E-state index contributed by atoms with van der Waals surface area (Å²) in [5.41, 5.74) is -0.857. The van der Waals surface area contributed by atoms with Crippen LogP contribution in [0.5, 0.6) is 5.75 Å². The van der Waals surface area contributed by atoms with Gasteiger partial charge in [0.25, 0.3) is 0 Å². The second kappa shape index (κ2) is 14.6. The third-order valence-electron chi connectivity index (χ3n) is 9.86. The zero-order chi connectivity index (χ0) is 41.1. The Kier molecular flexibility index (Phi) is 10.1. The minimum Gasteiger partial charge on any atom is -0.465 e. The summed E-state index contributed by atoms with van der Waals surface area (Å²) < 4.78 is 78.9. The van der Waals surface area contributed by atoms with Gasteiger partial charge in [0.15, 0.2) is 23.3 Å². The van der Waals surface area contributed by atoms with E-state index in [0.29, 0.717) is 66.6 Å². The maximum Gasteiger partial charge on any atom is 0.410 e. The third kappa shape index (κ3) is 7.81. The number of rotatable bonds is 5. The van der Waals surface area contributed by atoms with Crippen LogP contribution in [0.15, 0.2) is 48.5 Å². The van der Waals surface area contributed by atoms with Gasteiger partial charge in [-0.15, -0.1) is 0 Å². The van der Waals surface area contributed by atoms with Crippen LogP contribution >= 0.6 is 0 Å². The standard InChI is InChI=1S/C41H43F4N5O7/c1-40(2,3)56-38(53)48-15-7-9-28(48)35(51)46-22-12-14-27-21(17-22)18-30-24-13-11-23(47-36(52)29-10-8-16-49(29)39(54)57-41(4,5)6)19-31(24)55-37(50(27)30)32-33(44)25(42)20-26(43)34(32)45/h11-14,17-20,28-29,37H,7-10,15-16H2,1-6H3,(H,46,51)(H,47,52)/t28-,29-,37-/m0/s1. The Bertz CT molecular complexity index is 2270. The lowest BCUT2D eigenvalue weighted by Gasteiger charge is -2.31.